The van der Waals surface area contributed by atoms with Gasteiger partial charge < -0.3 is 18.8 Å². The number of carbonyl (C=O) groups is 1. The van der Waals surface area contributed by atoms with Crippen molar-refractivity contribution in [2.24, 2.45) is 0 Å². The highest BCUT2D eigenvalue weighted by molar-refractivity contribution is 7.82. The first-order valence-corrected chi connectivity index (χ1v) is 10.6. The van der Waals surface area contributed by atoms with Crippen molar-refractivity contribution in [2.45, 2.75) is 11.7 Å². The van der Waals surface area contributed by atoms with Gasteiger partial charge in [-0.1, -0.05) is 30.3 Å². The molecule has 0 amide bonds. The fourth-order valence-corrected chi connectivity index (χ4v) is 3.81. The molecule has 1 unspecified atom stereocenters. The van der Waals surface area contributed by atoms with Crippen LogP contribution >= 0.6 is 12.6 Å². The van der Waals surface area contributed by atoms with Crippen molar-refractivity contribution in [3.05, 3.63) is 82.2 Å². The summed E-state index contributed by atoms with van der Waals surface area (Å²) in [5.41, 5.74) is 0.889. The summed E-state index contributed by atoms with van der Waals surface area (Å²) in [4.78, 5) is 27.5. The molecule has 174 valence electrons. The Morgan fingerprint density at radius 3 is 2.24 bits per heavy atom. The van der Waals surface area contributed by atoms with Crippen molar-refractivity contribution in [1.82, 2.24) is 0 Å². The number of hydrogen-bond acceptors (Lipinski definition) is 9. The molecule has 0 radical (unpaired) electrons. The maximum absolute atomic E-state index is 13.3. The van der Waals surface area contributed by atoms with Crippen LogP contribution in [0.15, 0.2) is 69.9 Å². The number of rotatable bonds is 8. The Hall–Kier alpha value is -3.43. The zero-order chi connectivity index (χ0) is 24.2. The molecule has 0 saturated heterocycles. The van der Waals surface area contributed by atoms with Gasteiger partial charge in [0.05, 0.1) is 31.0 Å². The number of hydrogen-bond donors (Lipinski definition) is 2. The van der Waals surface area contributed by atoms with Crippen molar-refractivity contribution in [1.29, 1.82) is 0 Å². The first-order valence-electron chi connectivity index (χ1n) is 10.2. The summed E-state index contributed by atoms with van der Waals surface area (Å²) in [6, 6.07) is 16.6. The molecule has 0 aliphatic heterocycles. The molecule has 2 aromatic carbocycles. The smallest absolute Gasteiger partial charge is 0.341 e. The minimum atomic E-state index is -1.76. The van der Waals surface area contributed by atoms with Crippen LogP contribution in [0.4, 0.5) is 17.3 Å². The van der Waals surface area contributed by atoms with Gasteiger partial charge in [0.15, 0.2) is 4.75 Å². The van der Waals surface area contributed by atoms with E-state index in [1.54, 1.807) is 61.5 Å². The average molecular weight is 471 g/mol. The minimum absolute atomic E-state index is 0.0112. The van der Waals surface area contributed by atoms with Crippen molar-refractivity contribution in [3.63, 3.8) is 0 Å². The topological polar surface area (TPSA) is 92.5 Å². The summed E-state index contributed by atoms with van der Waals surface area (Å²) in [6.45, 7) is 1.77. The van der Waals surface area contributed by atoms with Gasteiger partial charge in [0, 0.05) is 19.8 Å². The van der Waals surface area contributed by atoms with Crippen LogP contribution in [0.25, 0.3) is 0 Å². The van der Waals surface area contributed by atoms with E-state index in [9.17, 15) is 14.8 Å². The highest BCUT2D eigenvalue weighted by Crippen LogP contribution is 2.47. The number of anilines is 3. The molecule has 0 spiro atoms. The van der Waals surface area contributed by atoms with E-state index in [-0.39, 0.29) is 23.8 Å². The van der Waals surface area contributed by atoms with E-state index in [0.717, 1.165) is 11.8 Å². The Morgan fingerprint density at radius 1 is 1.09 bits per heavy atom. The largest absolute Gasteiger partial charge is 0.496 e. The van der Waals surface area contributed by atoms with Gasteiger partial charge in [-0.05, 0) is 36.8 Å². The Morgan fingerprint density at radius 2 is 1.70 bits per heavy atom. The van der Waals surface area contributed by atoms with Gasteiger partial charge >= 0.3 is 11.6 Å². The second-order valence-electron chi connectivity index (χ2n) is 7.33. The minimum Gasteiger partial charge on any atom is -0.496 e. The molecule has 0 saturated carbocycles. The van der Waals surface area contributed by atoms with Crippen LogP contribution in [0.1, 0.15) is 18.1 Å². The standard InChI is InChI=1S/C24H26N2O6S/c1-5-31-23(28)24(33,16-9-7-6-8-10-16)21-19(30-4)15-20(27)32-22(21)26(29)18-13-11-17(12-14-18)25(2)3/h6-15,29,33H,5H2,1-4H3. The molecule has 3 aromatic rings. The quantitative estimate of drug-likeness (QED) is 0.290. The molecular formula is C24H26N2O6S. The molecule has 1 N–H and O–H groups in total. The third-order valence-electron chi connectivity index (χ3n) is 5.05. The van der Waals surface area contributed by atoms with E-state index in [2.05, 4.69) is 0 Å². The SMILES string of the molecule is CCOC(=O)C(S)(c1ccccc1)c1c(OC)cc(=O)oc1N(O)c1ccc(N(C)C)cc1. The lowest BCUT2D eigenvalue weighted by Crippen LogP contribution is -2.36. The lowest BCUT2D eigenvalue weighted by Gasteiger charge is -2.31. The van der Waals surface area contributed by atoms with E-state index in [0.29, 0.717) is 16.3 Å². The highest BCUT2D eigenvalue weighted by Gasteiger charge is 2.46. The Bertz CT molecular complexity index is 1160. The predicted octanol–water partition coefficient (Wildman–Crippen LogP) is 3.98. The molecular weight excluding hydrogens is 444 g/mol. The number of carbonyl (C=O) groups excluding carboxylic acids is 1. The van der Waals surface area contributed by atoms with Crippen LogP contribution in [-0.4, -0.2) is 39.0 Å². The van der Waals surface area contributed by atoms with Crippen LogP contribution < -0.4 is 20.3 Å². The Kier molecular flexibility index (Phi) is 7.35. The van der Waals surface area contributed by atoms with Gasteiger partial charge in [-0.2, -0.15) is 17.7 Å². The molecule has 9 heteroatoms. The lowest BCUT2D eigenvalue weighted by molar-refractivity contribution is -0.145. The molecule has 0 bridgehead atoms. The lowest BCUT2D eigenvalue weighted by atomic mass is 9.89. The number of ether oxygens (including phenoxy) is 2. The third-order valence-corrected chi connectivity index (χ3v) is 5.72. The van der Waals surface area contributed by atoms with E-state index >= 15 is 0 Å². The number of nitrogens with zero attached hydrogens (tertiary/aromatic N) is 2. The second-order valence-corrected chi connectivity index (χ2v) is 8.00. The van der Waals surface area contributed by atoms with Gasteiger partial charge in [-0.25, -0.2) is 9.59 Å². The molecule has 33 heavy (non-hydrogen) atoms. The summed E-state index contributed by atoms with van der Waals surface area (Å²) in [5, 5.41) is 11.8. The molecule has 0 aliphatic rings. The van der Waals surface area contributed by atoms with Gasteiger partial charge in [-0.15, -0.1) is 0 Å². The molecule has 3 rings (SSSR count). The second kappa shape index (κ2) is 10.0. The van der Waals surface area contributed by atoms with Gasteiger partial charge in [0.25, 0.3) is 0 Å². The predicted molar refractivity (Wildman–Crippen MR) is 129 cm³/mol. The van der Waals surface area contributed by atoms with Crippen molar-refractivity contribution in [2.75, 3.05) is 37.8 Å². The maximum Gasteiger partial charge on any atom is 0.341 e. The Balaban J connectivity index is 2.29. The van der Waals surface area contributed by atoms with Crippen molar-refractivity contribution in [3.8, 4) is 5.75 Å². The molecule has 1 heterocycles. The van der Waals surface area contributed by atoms with Crippen LogP contribution in [0.3, 0.4) is 0 Å². The number of esters is 1. The fourth-order valence-electron chi connectivity index (χ4n) is 3.39. The van der Waals surface area contributed by atoms with Crippen LogP contribution in [0.2, 0.25) is 0 Å². The van der Waals surface area contributed by atoms with Gasteiger partial charge in [-0.3, -0.25) is 5.21 Å². The van der Waals surface area contributed by atoms with E-state index in [1.807, 2.05) is 19.0 Å². The first kappa shape index (κ1) is 24.2. The summed E-state index contributed by atoms with van der Waals surface area (Å²) in [7, 11) is 5.12. The molecule has 8 nitrogen and oxygen atoms in total. The van der Waals surface area contributed by atoms with Crippen molar-refractivity contribution < 1.29 is 23.9 Å². The van der Waals surface area contributed by atoms with Crippen LogP contribution in [0.5, 0.6) is 5.75 Å². The van der Waals surface area contributed by atoms with Crippen LogP contribution in [0, 0.1) is 0 Å². The number of benzene rings is 2. The number of methoxy groups -OCH3 is 1. The molecule has 1 aromatic heterocycles. The zero-order valence-corrected chi connectivity index (χ0v) is 19.7. The first-order chi connectivity index (χ1) is 15.7. The van der Waals surface area contributed by atoms with Gasteiger partial charge in [0.1, 0.15) is 5.75 Å². The van der Waals surface area contributed by atoms with Crippen molar-refractivity contribution >= 4 is 35.9 Å². The monoisotopic (exact) mass is 470 g/mol. The molecule has 0 fully saturated rings. The summed E-state index contributed by atoms with van der Waals surface area (Å²) in [6.07, 6.45) is 0. The van der Waals surface area contributed by atoms with E-state index in [1.165, 1.54) is 7.11 Å². The molecule has 1 atom stereocenters. The van der Waals surface area contributed by atoms with Gasteiger partial charge in [0.2, 0.25) is 5.88 Å². The fraction of sp³-hybridized carbons (Fsp3) is 0.250. The average Bonchev–Trinajstić information content (AvgIpc) is 2.83. The van der Waals surface area contributed by atoms with E-state index in [4.69, 9.17) is 26.5 Å². The number of thiol groups is 1. The van der Waals surface area contributed by atoms with Crippen LogP contribution in [-0.2, 0) is 14.3 Å². The summed E-state index contributed by atoms with van der Waals surface area (Å²) >= 11 is 4.74. The highest BCUT2D eigenvalue weighted by atomic mass is 32.1. The third kappa shape index (κ3) is 4.69. The zero-order valence-electron chi connectivity index (χ0n) is 18.8. The molecule has 0 aliphatic carbocycles. The summed E-state index contributed by atoms with van der Waals surface area (Å²) in [5.74, 6) is -1.02. The maximum atomic E-state index is 13.3. The summed E-state index contributed by atoms with van der Waals surface area (Å²) < 4.78 is 14.4. The van der Waals surface area contributed by atoms with E-state index < -0.39 is 16.3 Å². The Labute approximate surface area is 197 Å². The normalized spacial score (nSPS) is 12.5.